The Kier molecular flexibility index (Phi) is 4.57. The lowest BCUT2D eigenvalue weighted by Crippen LogP contribution is -2.07. The summed E-state index contributed by atoms with van der Waals surface area (Å²) in [6.45, 7) is 0. The van der Waals surface area contributed by atoms with Gasteiger partial charge in [-0.05, 0) is 46.6 Å². The molecule has 0 spiro atoms. The van der Waals surface area contributed by atoms with Gasteiger partial charge in [0.05, 0.1) is 22.3 Å². The van der Waals surface area contributed by atoms with Gasteiger partial charge in [0, 0.05) is 0 Å². The third-order valence-corrected chi connectivity index (χ3v) is 4.76. The number of nitrogens with one attached hydrogen (secondary N) is 3. The third-order valence-electron chi connectivity index (χ3n) is 4.59. The van der Waals surface area contributed by atoms with Crippen LogP contribution in [0.4, 0.5) is 23.5 Å². The van der Waals surface area contributed by atoms with Crippen molar-refractivity contribution in [1.82, 2.24) is 24.9 Å². The molecule has 5 rings (SSSR count). The van der Waals surface area contributed by atoms with Crippen LogP contribution in [0.25, 0.3) is 21.8 Å². The Morgan fingerprint density at radius 1 is 0.871 bits per heavy atom. The maximum Gasteiger partial charge on any atom is 0.337 e. The van der Waals surface area contributed by atoms with Crippen LogP contribution in [0.5, 0.6) is 0 Å². The minimum absolute atomic E-state index is 0.0613. The van der Waals surface area contributed by atoms with Gasteiger partial charge in [0.2, 0.25) is 23.1 Å². The van der Waals surface area contributed by atoms with Gasteiger partial charge in [-0.15, -0.1) is 0 Å². The second-order valence-corrected chi connectivity index (χ2v) is 6.99. The van der Waals surface area contributed by atoms with Crippen LogP contribution < -0.4 is 10.6 Å². The number of halogens is 1. The predicted octanol–water partition coefficient (Wildman–Crippen LogP) is 4.74. The lowest BCUT2D eigenvalue weighted by atomic mass is 10.0. The third kappa shape index (κ3) is 3.81. The molecule has 31 heavy (non-hydrogen) atoms. The molecule has 2 heterocycles. The highest BCUT2D eigenvalue weighted by atomic mass is 35.5. The Balaban J connectivity index is 1.49. The number of para-hydroxylation sites is 2. The quantitative estimate of drug-likeness (QED) is 0.314. The van der Waals surface area contributed by atoms with Crippen LogP contribution in [-0.2, 0) is 0 Å². The SMILES string of the molecule is O=C(O)c1cc2ccccc2cc1Nc1nc(Cl)nc(Nc2nc3ccccc3[nH]2)n1. The topological polar surface area (TPSA) is 129 Å². The first kappa shape index (κ1) is 18.8. The van der Waals surface area contributed by atoms with Crippen molar-refractivity contribution in [1.29, 1.82) is 0 Å². The highest BCUT2D eigenvalue weighted by Crippen LogP contribution is 2.27. The van der Waals surface area contributed by atoms with E-state index in [0.717, 1.165) is 21.8 Å². The van der Waals surface area contributed by atoms with E-state index in [0.29, 0.717) is 11.6 Å². The summed E-state index contributed by atoms with van der Waals surface area (Å²) in [4.78, 5) is 31.7. The van der Waals surface area contributed by atoms with Crippen molar-refractivity contribution in [3.8, 4) is 0 Å². The molecule has 0 radical (unpaired) electrons. The van der Waals surface area contributed by atoms with E-state index in [1.165, 1.54) is 0 Å². The van der Waals surface area contributed by atoms with E-state index in [4.69, 9.17) is 11.6 Å². The number of carboxylic acid groups (broad SMARTS) is 1. The molecule has 2 aromatic heterocycles. The number of aromatic nitrogens is 5. The highest BCUT2D eigenvalue weighted by molar-refractivity contribution is 6.28. The van der Waals surface area contributed by atoms with E-state index in [-0.39, 0.29) is 22.7 Å². The molecule has 0 aliphatic heterocycles. The Labute approximate surface area is 180 Å². The number of benzene rings is 3. The van der Waals surface area contributed by atoms with Crippen LogP contribution in [0.3, 0.4) is 0 Å². The van der Waals surface area contributed by atoms with Crippen LogP contribution in [0.15, 0.2) is 60.7 Å². The lowest BCUT2D eigenvalue weighted by Gasteiger charge is -2.11. The number of carbonyl (C=O) groups is 1. The van der Waals surface area contributed by atoms with Crippen molar-refractivity contribution in [3.05, 3.63) is 71.5 Å². The molecule has 0 unspecified atom stereocenters. The zero-order valence-electron chi connectivity index (χ0n) is 15.8. The molecule has 0 bridgehead atoms. The molecule has 5 aromatic rings. The van der Waals surface area contributed by atoms with Crippen molar-refractivity contribution in [2.45, 2.75) is 0 Å². The monoisotopic (exact) mass is 431 g/mol. The normalized spacial score (nSPS) is 11.0. The number of aromatic carboxylic acids is 1. The van der Waals surface area contributed by atoms with Crippen LogP contribution in [0.2, 0.25) is 5.28 Å². The maximum atomic E-state index is 11.8. The van der Waals surface area contributed by atoms with Crippen molar-refractivity contribution >= 4 is 62.9 Å². The predicted molar refractivity (Wildman–Crippen MR) is 118 cm³/mol. The Morgan fingerprint density at radius 2 is 1.55 bits per heavy atom. The summed E-state index contributed by atoms with van der Waals surface area (Å²) in [5, 5.41) is 17.2. The fourth-order valence-corrected chi connectivity index (χ4v) is 3.38. The largest absolute Gasteiger partial charge is 0.478 e. The van der Waals surface area contributed by atoms with Gasteiger partial charge in [-0.1, -0.05) is 36.4 Å². The number of hydrogen-bond acceptors (Lipinski definition) is 7. The summed E-state index contributed by atoms with van der Waals surface area (Å²) in [7, 11) is 0. The number of imidazole rings is 1. The second-order valence-electron chi connectivity index (χ2n) is 6.65. The van der Waals surface area contributed by atoms with Crippen molar-refractivity contribution < 1.29 is 9.90 Å². The molecule has 3 aromatic carbocycles. The minimum atomic E-state index is -1.07. The number of carboxylic acids is 1. The number of H-pyrrole nitrogens is 1. The summed E-state index contributed by atoms with van der Waals surface area (Å²) < 4.78 is 0. The summed E-state index contributed by atoms with van der Waals surface area (Å²) in [5.41, 5.74) is 2.06. The average Bonchev–Trinajstić information content (AvgIpc) is 3.15. The first-order valence-electron chi connectivity index (χ1n) is 9.21. The van der Waals surface area contributed by atoms with Crippen LogP contribution in [0, 0.1) is 0 Å². The molecule has 4 N–H and O–H groups in total. The van der Waals surface area contributed by atoms with Gasteiger partial charge in [0.1, 0.15) is 0 Å². The van der Waals surface area contributed by atoms with Crippen molar-refractivity contribution in [3.63, 3.8) is 0 Å². The first-order valence-corrected chi connectivity index (χ1v) is 9.59. The number of aromatic amines is 1. The smallest absolute Gasteiger partial charge is 0.337 e. The zero-order chi connectivity index (χ0) is 21.4. The van der Waals surface area contributed by atoms with E-state index in [9.17, 15) is 9.90 Å². The number of rotatable bonds is 5. The zero-order valence-corrected chi connectivity index (χ0v) is 16.6. The van der Waals surface area contributed by atoms with Crippen LogP contribution in [0.1, 0.15) is 10.4 Å². The molecule has 0 amide bonds. The summed E-state index contributed by atoms with van der Waals surface area (Å²) in [5.74, 6) is -0.393. The van der Waals surface area contributed by atoms with Gasteiger partial charge in [-0.3, -0.25) is 5.32 Å². The highest BCUT2D eigenvalue weighted by Gasteiger charge is 2.15. The van der Waals surface area contributed by atoms with Crippen LogP contribution in [-0.4, -0.2) is 36.0 Å². The van der Waals surface area contributed by atoms with Crippen LogP contribution >= 0.6 is 11.6 Å². The molecule has 0 atom stereocenters. The molecular formula is C21H14ClN7O2. The van der Waals surface area contributed by atoms with E-state index in [1.807, 2.05) is 48.5 Å². The lowest BCUT2D eigenvalue weighted by molar-refractivity contribution is 0.0698. The van der Waals surface area contributed by atoms with Crippen molar-refractivity contribution in [2.24, 2.45) is 0 Å². The number of anilines is 4. The average molecular weight is 432 g/mol. The molecule has 0 aliphatic carbocycles. The van der Waals surface area contributed by atoms with Gasteiger partial charge >= 0.3 is 5.97 Å². The fourth-order valence-electron chi connectivity index (χ4n) is 3.22. The minimum Gasteiger partial charge on any atom is -0.478 e. The van der Waals surface area contributed by atoms with E-state index in [2.05, 4.69) is 35.6 Å². The first-order chi connectivity index (χ1) is 15.0. The molecular weight excluding hydrogens is 418 g/mol. The standard InChI is InChI=1S/C21H14ClN7O2/c22-18-26-20(25-16-10-12-6-2-1-5-11(12)9-13(16)17(30)31)29-21(27-18)28-19-23-14-7-3-4-8-15(14)24-19/h1-10H,(H,30,31)(H3,23,24,25,26,27,28,29). The summed E-state index contributed by atoms with van der Waals surface area (Å²) in [6.07, 6.45) is 0. The van der Waals surface area contributed by atoms with E-state index < -0.39 is 5.97 Å². The molecule has 0 aliphatic rings. The van der Waals surface area contributed by atoms with E-state index >= 15 is 0 Å². The Bertz CT molecular complexity index is 1420. The number of hydrogen-bond donors (Lipinski definition) is 4. The van der Waals surface area contributed by atoms with Gasteiger partial charge in [-0.25, -0.2) is 9.78 Å². The molecule has 0 fully saturated rings. The van der Waals surface area contributed by atoms with Gasteiger partial charge in [-0.2, -0.15) is 15.0 Å². The van der Waals surface area contributed by atoms with Gasteiger partial charge in [0.15, 0.2) is 0 Å². The number of nitrogens with zero attached hydrogens (tertiary/aromatic N) is 4. The Hall–Kier alpha value is -4.24. The van der Waals surface area contributed by atoms with Crippen molar-refractivity contribution in [2.75, 3.05) is 10.6 Å². The molecule has 9 nitrogen and oxygen atoms in total. The van der Waals surface area contributed by atoms with Gasteiger partial charge < -0.3 is 15.4 Å². The molecule has 0 saturated heterocycles. The molecule has 10 heteroatoms. The summed E-state index contributed by atoms with van der Waals surface area (Å²) in [6, 6.07) is 18.3. The van der Waals surface area contributed by atoms with E-state index in [1.54, 1.807) is 12.1 Å². The number of fused-ring (bicyclic) bond motifs is 2. The second kappa shape index (κ2) is 7.54. The molecule has 152 valence electrons. The van der Waals surface area contributed by atoms with Gasteiger partial charge in [0.25, 0.3) is 0 Å². The fraction of sp³-hybridized carbons (Fsp3) is 0. The Morgan fingerprint density at radius 3 is 2.29 bits per heavy atom. The summed E-state index contributed by atoms with van der Waals surface area (Å²) >= 11 is 6.07. The maximum absolute atomic E-state index is 11.8. The molecule has 0 saturated carbocycles.